The molecule has 0 N–H and O–H groups in total. The third-order valence-electron chi connectivity index (χ3n) is 11.8. The fourth-order valence-corrected chi connectivity index (χ4v) is 10.2. The Kier molecular flexibility index (Phi) is 6.82. The van der Waals surface area contributed by atoms with Crippen molar-refractivity contribution in [1.82, 2.24) is 19.5 Å². The molecule has 9 aromatic carbocycles. The molecule has 6 heteroatoms. The molecule has 0 aliphatic rings. The summed E-state index contributed by atoms with van der Waals surface area (Å²) in [6.07, 6.45) is 0. The number of aromatic nitrogens is 4. The van der Waals surface area contributed by atoms with Crippen LogP contribution in [0.15, 0.2) is 186 Å². The summed E-state index contributed by atoms with van der Waals surface area (Å²) in [5.74, 6) is 1.76. The lowest BCUT2D eigenvalue weighted by Crippen LogP contribution is -2.02. The van der Waals surface area contributed by atoms with Gasteiger partial charge in [-0.1, -0.05) is 121 Å². The number of furan rings is 1. The van der Waals surface area contributed by atoms with Crippen LogP contribution in [0.5, 0.6) is 0 Å². The van der Waals surface area contributed by atoms with Gasteiger partial charge < -0.3 is 8.98 Å². The summed E-state index contributed by atoms with van der Waals surface area (Å²) in [5, 5.41) is 11.5. The highest BCUT2D eigenvalue weighted by atomic mass is 32.1. The van der Waals surface area contributed by atoms with E-state index in [1.807, 2.05) is 12.1 Å². The average Bonchev–Trinajstić information content (AvgIpc) is 3.96. The molecular formula is C53H30N4OS. The highest BCUT2D eigenvalue weighted by Gasteiger charge is 2.22. The molecule has 4 aromatic heterocycles. The summed E-state index contributed by atoms with van der Waals surface area (Å²) in [6.45, 7) is 0. The highest BCUT2D eigenvalue weighted by molar-refractivity contribution is 7.25. The zero-order valence-corrected chi connectivity index (χ0v) is 32.2. The lowest BCUT2D eigenvalue weighted by Gasteiger charge is -2.13. The molecule has 0 fully saturated rings. The Morgan fingerprint density at radius 1 is 0.390 bits per heavy atom. The van der Waals surface area contributed by atoms with Crippen LogP contribution in [0.1, 0.15) is 0 Å². The molecular weight excluding hydrogens is 741 g/mol. The first-order valence-corrected chi connectivity index (χ1v) is 20.6. The second-order valence-electron chi connectivity index (χ2n) is 15.2. The first-order valence-electron chi connectivity index (χ1n) is 19.8. The van der Waals surface area contributed by atoms with Gasteiger partial charge in [-0.15, -0.1) is 11.3 Å². The molecule has 0 spiro atoms. The van der Waals surface area contributed by atoms with Gasteiger partial charge in [-0.2, -0.15) is 0 Å². The van der Waals surface area contributed by atoms with Crippen LogP contribution in [0.3, 0.4) is 0 Å². The van der Waals surface area contributed by atoms with Crippen molar-refractivity contribution in [3.8, 4) is 39.9 Å². The molecule has 5 nitrogen and oxygen atoms in total. The van der Waals surface area contributed by atoms with Crippen molar-refractivity contribution in [2.24, 2.45) is 0 Å². The molecule has 0 unspecified atom stereocenters. The van der Waals surface area contributed by atoms with Crippen molar-refractivity contribution < 1.29 is 4.42 Å². The summed E-state index contributed by atoms with van der Waals surface area (Å²) in [5.41, 5.74) is 7.48. The Hall–Kier alpha value is -7.67. The molecule has 0 aliphatic carbocycles. The summed E-state index contributed by atoms with van der Waals surface area (Å²) < 4.78 is 11.7. The molecule has 59 heavy (non-hydrogen) atoms. The van der Waals surface area contributed by atoms with Gasteiger partial charge in [-0.3, -0.25) is 0 Å². The summed E-state index contributed by atoms with van der Waals surface area (Å²) >= 11 is 1.80. The molecule has 274 valence electrons. The van der Waals surface area contributed by atoms with E-state index in [0.717, 1.165) is 66.1 Å². The van der Waals surface area contributed by atoms with Gasteiger partial charge in [-0.25, -0.2) is 15.0 Å². The van der Waals surface area contributed by atoms with Crippen molar-refractivity contribution >= 4 is 96.8 Å². The van der Waals surface area contributed by atoms with E-state index in [1.165, 1.54) is 41.7 Å². The number of thiophene rings is 1. The van der Waals surface area contributed by atoms with Gasteiger partial charge in [-0.05, 0) is 82.2 Å². The maximum absolute atomic E-state index is 6.79. The summed E-state index contributed by atoms with van der Waals surface area (Å²) in [7, 11) is 0. The Bertz CT molecular complexity index is 3870. The monoisotopic (exact) mass is 770 g/mol. The number of fused-ring (bicyclic) bond motifs is 11. The molecule has 13 aromatic rings. The second-order valence-corrected chi connectivity index (χ2v) is 16.3. The first-order chi connectivity index (χ1) is 29.2. The molecule has 4 heterocycles. The predicted octanol–water partition coefficient (Wildman–Crippen LogP) is 14.5. The van der Waals surface area contributed by atoms with Gasteiger partial charge in [0.05, 0.1) is 16.6 Å². The largest absolute Gasteiger partial charge is 0.455 e. The van der Waals surface area contributed by atoms with Crippen LogP contribution >= 0.6 is 11.3 Å². The van der Waals surface area contributed by atoms with Gasteiger partial charge in [0.2, 0.25) is 0 Å². The van der Waals surface area contributed by atoms with Gasteiger partial charge >= 0.3 is 0 Å². The Labute approximate surface area is 341 Å². The maximum Gasteiger partial charge on any atom is 0.167 e. The van der Waals surface area contributed by atoms with Crippen LogP contribution in [-0.2, 0) is 0 Å². The van der Waals surface area contributed by atoms with E-state index in [0.29, 0.717) is 17.5 Å². The molecule has 0 saturated heterocycles. The molecule has 0 atom stereocenters. The average molecular weight is 771 g/mol. The van der Waals surface area contributed by atoms with Crippen LogP contribution in [0.25, 0.3) is 125 Å². The van der Waals surface area contributed by atoms with E-state index in [4.69, 9.17) is 19.4 Å². The third-order valence-corrected chi connectivity index (χ3v) is 13.0. The topological polar surface area (TPSA) is 56.7 Å². The van der Waals surface area contributed by atoms with Crippen LogP contribution in [0.2, 0.25) is 0 Å². The van der Waals surface area contributed by atoms with Crippen LogP contribution < -0.4 is 0 Å². The maximum atomic E-state index is 6.79. The standard InChI is InChI=1S/C53H30N4OS/c1-2-14-33-28-46-41(26-32(33)13-1)37-17-5-8-21-45(37)57(46)35-29-43-38-18-6-9-22-47(38)58-50(43)44(30-35)53-55-51(34-24-25-49-42(27-34)39-19-7-10-23-48(39)59-49)54-52(56-53)40-20-11-15-31-12-3-4-16-36(31)40/h1-30H. The lowest BCUT2D eigenvalue weighted by molar-refractivity contribution is 0.669. The quantitative estimate of drug-likeness (QED) is 0.179. The van der Waals surface area contributed by atoms with E-state index < -0.39 is 0 Å². The number of benzene rings is 9. The molecule has 0 saturated carbocycles. The number of para-hydroxylation sites is 2. The first kappa shape index (κ1) is 32.4. The van der Waals surface area contributed by atoms with Crippen LogP contribution in [0, 0.1) is 0 Å². The van der Waals surface area contributed by atoms with Crippen molar-refractivity contribution in [1.29, 1.82) is 0 Å². The highest BCUT2D eigenvalue weighted by Crippen LogP contribution is 2.42. The molecule has 0 radical (unpaired) electrons. The van der Waals surface area contributed by atoms with Gasteiger partial charge in [0.1, 0.15) is 11.2 Å². The van der Waals surface area contributed by atoms with Crippen LogP contribution in [0.4, 0.5) is 0 Å². The Balaban J connectivity index is 1.13. The number of hydrogen-bond acceptors (Lipinski definition) is 5. The smallest absolute Gasteiger partial charge is 0.167 e. The van der Waals surface area contributed by atoms with Gasteiger partial charge in [0.15, 0.2) is 17.5 Å². The number of hydrogen-bond donors (Lipinski definition) is 0. The molecule has 0 amide bonds. The second kappa shape index (κ2) is 12.4. The minimum absolute atomic E-state index is 0.547. The van der Waals surface area contributed by atoms with Crippen molar-refractivity contribution in [2.75, 3.05) is 0 Å². The van der Waals surface area contributed by atoms with E-state index in [1.54, 1.807) is 11.3 Å². The zero-order valence-electron chi connectivity index (χ0n) is 31.4. The van der Waals surface area contributed by atoms with E-state index in [2.05, 4.69) is 174 Å². The predicted molar refractivity (Wildman–Crippen MR) is 246 cm³/mol. The van der Waals surface area contributed by atoms with E-state index in [9.17, 15) is 0 Å². The van der Waals surface area contributed by atoms with Gasteiger partial charge in [0.25, 0.3) is 0 Å². The summed E-state index contributed by atoms with van der Waals surface area (Å²) in [4.78, 5) is 16.0. The van der Waals surface area contributed by atoms with Crippen molar-refractivity contribution in [2.45, 2.75) is 0 Å². The van der Waals surface area contributed by atoms with E-state index >= 15 is 0 Å². The normalized spacial score (nSPS) is 12.1. The summed E-state index contributed by atoms with van der Waals surface area (Å²) in [6, 6.07) is 64.5. The molecule has 0 aliphatic heterocycles. The van der Waals surface area contributed by atoms with Crippen molar-refractivity contribution in [3.63, 3.8) is 0 Å². The van der Waals surface area contributed by atoms with Crippen molar-refractivity contribution in [3.05, 3.63) is 182 Å². The Morgan fingerprint density at radius 3 is 1.93 bits per heavy atom. The number of rotatable bonds is 4. The third kappa shape index (κ3) is 4.94. The minimum atomic E-state index is 0.547. The minimum Gasteiger partial charge on any atom is -0.455 e. The molecule has 13 rings (SSSR count). The lowest BCUT2D eigenvalue weighted by atomic mass is 10.0. The SMILES string of the molecule is c1ccc2cc3c(cc2c1)c1ccccc1n3-c1cc(-c2nc(-c3ccc4sc5ccccc5c4c3)nc(-c3cccc4ccccc34)n2)c2oc3ccccc3c2c1. The van der Waals surface area contributed by atoms with E-state index in [-0.39, 0.29) is 0 Å². The fourth-order valence-electron chi connectivity index (χ4n) is 9.07. The number of nitrogens with zero attached hydrogens (tertiary/aromatic N) is 4. The molecule has 0 bridgehead atoms. The fraction of sp³-hybridized carbons (Fsp3) is 0. The van der Waals surface area contributed by atoms with Crippen LogP contribution in [-0.4, -0.2) is 19.5 Å². The zero-order chi connectivity index (χ0) is 38.6. The Morgan fingerprint density at radius 2 is 1.05 bits per heavy atom. The van der Waals surface area contributed by atoms with Gasteiger partial charge in [0, 0.05) is 58.5 Å².